The molecule has 1 aliphatic rings. The molecule has 0 saturated carbocycles. The topological polar surface area (TPSA) is 44.7 Å². The third-order valence-electron chi connectivity index (χ3n) is 5.51. The first-order chi connectivity index (χ1) is 15.9. The van der Waals surface area contributed by atoms with E-state index in [0.717, 1.165) is 49.0 Å². The fourth-order valence-corrected chi connectivity index (χ4v) is 6.04. The zero-order chi connectivity index (χ0) is 24.6. The number of allylic oxidation sites excluding steroid dienone is 3. The highest BCUT2D eigenvalue weighted by molar-refractivity contribution is 7.48. The highest BCUT2D eigenvalue weighted by Gasteiger charge is 2.26. The summed E-state index contributed by atoms with van der Waals surface area (Å²) in [5.74, 6) is 2.34. The van der Waals surface area contributed by atoms with Crippen LogP contribution in [-0.2, 0) is 6.42 Å². The number of phenols is 1. The molecule has 0 heterocycles. The lowest BCUT2D eigenvalue weighted by Crippen LogP contribution is -2.29. The van der Waals surface area contributed by atoms with Gasteiger partial charge in [-0.3, -0.25) is 5.09 Å². The quantitative estimate of drug-likeness (QED) is 0.120. The second kappa shape index (κ2) is 17.6. The fraction of sp³-hybridized carbons (Fsp3) is 0.615. The standard InChI is InChI=1S/C23H37Cl2N2O2P.C3H6/c1-4-5-6-9-19-16-21(28)23(20-10-7-8-18(2)15-20)22(17-19)29-30(26-3)27(13-11-24)14-12-25;1-3-2/h15-17,20,26,28H,4-14H2,1-3H3;3H,1H2,2H3. The lowest BCUT2D eigenvalue weighted by molar-refractivity contribution is 0.427. The maximum Gasteiger partial charge on any atom is 0.245 e. The first-order valence-corrected chi connectivity index (χ1v) is 14.4. The predicted octanol–water partition coefficient (Wildman–Crippen LogP) is 8.14. The van der Waals surface area contributed by atoms with Crippen LogP contribution >= 0.6 is 31.7 Å². The van der Waals surface area contributed by atoms with Gasteiger partial charge >= 0.3 is 0 Å². The minimum absolute atomic E-state index is 0.182. The van der Waals surface area contributed by atoms with Crippen LogP contribution in [0.15, 0.2) is 36.4 Å². The van der Waals surface area contributed by atoms with Crippen LogP contribution in [0.2, 0.25) is 0 Å². The lowest BCUT2D eigenvalue weighted by Gasteiger charge is -2.31. The van der Waals surface area contributed by atoms with Gasteiger partial charge in [-0.2, -0.15) is 0 Å². The molecule has 0 aromatic heterocycles. The predicted molar refractivity (Wildman–Crippen MR) is 147 cm³/mol. The zero-order valence-corrected chi connectivity index (χ0v) is 23.3. The summed E-state index contributed by atoms with van der Waals surface area (Å²) in [5.41, 5.74) is 3.42. The first kappa shape index (κ1) is 30.3. The Morgan fingerprint density at radius 2 is 1.94 bits per heavy atom. The van der Waals surface area contributed by atoms with Gasteiger partial charge in [0.25, 0.3) is 0 Å². The normalized spacial score (nSPS) is 16.6. The van der Waals surface area contributed by atoms with Crippen LogP contribution in [0.4, 0.5) is 0 Å². The molecule has 0 radical (unpaired) electrons. The van der Waals surface area contributed by atoms with Gasteiger partial charge in [0.2, 0.25) is 8.45 Å². The van der Waals surface area contributed by atoms with E-state index < -0.39 is 8.45 Å². The number of aromatic hydroxyl groups is 1. The summed E-state index contributed by atoms with van der Waals surface area (Å²) in [6.07, 6.45) is 11.8. The van der Waals surface area contributed by atoms with E-state index in [2.05, 4.69) is 42.3 Å². The third kappa shape index (κ3) is 10.6. The van der Waals surface area contributed by atoms with Crippen LogP contribution < -0.4 is 9.61 Å². The summed E-state index contributed by atoms with van der Waals surface area (Å²) < 4.78 is 8.71. The summed E-state index contributed by atoms with van der Waals surface area (Å²) in [5, 5.41) is 14.3. The molecule has 0 saturated heterocycles. The molecular formula is C26H43Cl2N2O2P. The van der Waals surface area contributed by atoms with Crippen molar-refractivity contribution in [3.8, 4) is 11.5 Å². The molecule has 2 unspecified atom stereocenters. The number of hydrogen-bond acceptors (Lipinski definition) is 4. The number of benzene rings is 1. The van der Waals surface area contributed by atoms with Crippen molar-refractivity contribution in [3.63, 3.8) is 0 Å². The number of phenolic OH excluding ortho intramolecular Hbond substituents is 1. The number of nitrogens with zero attached hydrogens (tertiary/aromatic N) is 1. The van der Waals surface area contributed by atoms with E-state index in [1.807, 2.05) is 20.0 Å². The van der Waals surface area contributed by atoms with E-state index in [1.165, 1.54) is 18.4 Å². The van der Waals surface area contributed by atoms with Gasteiger partial charge in [0.15, 0.2) is 0 Å². The highest BCUT2D eigenvalue weighted by atomic mass is 35.5. The molecule has 4 nitrogen and oxygen atoms in total. The number of rotatable bonds is 13. The van der Waals surface area contributed by atoms with Crippen LogP contribution in [0.5, 0.6) is 11.5 Å². The van der Waals surface area contributed by atoms with Crippen LogP contribution in [0, 0.1) is 0 Å². The molecule has 1 aromatic carbocycles. The molecular weight excluding hydrogens is 474 g/mol. The second-order valence-electron chi connectivity index (χ2n) is 8.32. The van der Waals surface area contributed by atoms with Crippen molar-refractivity contribution in [2.45, 2.75) is 71.6 Å². The van der Waals surface area contributed by atoms with Crippen molar-refractivity contribution >= 4 is 31.7 Å². The minimum atomic E-state index is -1.12. The van der Waals surface area contributed by atoms with Gasteiger partial charge in [-0.1, -0.05) is 37.5 Å². The van der Waals surface area contributed by atoms with Crippen LogP contribution in [0.25, 0.3) is 0 Å². The number of halogens is 2. The van der Waals surface area contributed by atoms with Gasteiger partial charge in [0.05, 0.1) is 0 Å². The van der Waals surface area contributed by atoms with Gasteiger partial charge in [0, 0.05) is 36.3 Å². The smallest absolute Gasteiger partial charge is 0.245 e. The molecule has 0 spiro atoms. The van der Waals surface area contributed by atoms with Crippen molar-refractivity contribution in [1.82, 2.24) is 9.76 Å². The van der Waals surface area contributed by atoms with Crippen molar-refractivity contribution in [1.29, 1.82) is 0 Å². The zero-order valence-electron chi connectivity index (χ0n) is 20.9. The molecule has 0 bridgehead atoms. The summed E-state index contributed by atoms with van der Waals surface area (Å²) in [6, 6.07) is 4.07. The van der Waals surface area contributed by atoms with Crippen LogP contribution in [0.1, 0.15) is 76.3 Å². The number of aryl methyl sites for hydroxylation is 1. The Hall–Kier alpha value is -0.770. The van der Waals surface area contributed by atoms with Gasteiger partial charge in [-0.15, -0.1) is 29.8 Å². The largest absolute Gasteiger partial charge is 0.507 e. The van der Waals surface area contributed by atoms with Crippen molar-refractivity contribution in [3.05, 3.63) is 47.6 Å². The molecule has 7 heteroatoms. The average molecular weight is 518 g/mol. The lowest BCUT2D eigenvalue weighted by atomic mass is 9.84. The second-order valence-corrected chi connectivity index (χ2v) is 10.8. The van der Waals surface area contributed by atoms with E-state index in [1.54, 1.807) is 6.08 Å². The Morgan fingerprint density at radius 1 is 1.27 bits per heavy atom. The van der Waals surface area contributed by atoms with Gasteiger partial charge in [0.1, 0.15) is 11.5 Å². The maximum absolute atomic E-state index is 11.0. The Morgan fingerprint density at radius 3 is 2.48 bits per heavy atom. The van der Waals surface area contributed by atoms with E-state index >= 15 is 0 Å². The number of alkyl halides is 2. The van der Waals surface area contributed by atoms with E-state index in [9.17, 15) is 5.11 Å². The summed E-state index contributed by atoms with van der Waals surface area (Å²) >= 11 is 12.0. The fourth-order valence-electron chi connectivity index (χ4n) is 4.00. The Bertz CT molecular complexity index is 724. The molecule has 0 amide bonds. The molecule has 2 rings (SSSR count). The van der Waals surface area contributed by atoms with Crippen molar-refractivity contribution in [2.75, 3.05) is 31.9 Å². The third-order valence-corrected chi connectivity index (χ3v) is 7.51. The number of hydrogen-bond donors (Lipinski definition) is 2. The van der Waals surface area contributed by atoms with Crippen molar-refractivity contribution < 1.29 is 9.63 Å². The average Bonchev–Trinajstić information content (AvgIpc) is 2.78. The molecule has 0 aliphatic heterocycles. The maximum atomic E-state index is 11.0. The summed E-state index contributed by atoms with van der Waals surface area (Å²) in [4.78, 5) is 0. The number of nitrogens with one attached hydrogen (secondary N) is 1. The van der Waals surface area contributed by atoms with E-state index in [-0.39, 0.29) is 5.92 Å². The highest BCUT2D eigenvalue weighted by Crippen LogP contribution is 2.47. The molecule has 0 fully saturated rings. The SMILES string of the molecule is C=CC.CCCCCc1cc(O)c(C2C=C(C)CCC2)c(OP(NC)N(CCCl)CCCl)c1. The van der Waals surface area contributed by atoms with Gasteiger partial charge < -0.3 is 9.63 Å². The van der Waals surface area contributed by atoms with Crippen molar-refractivity contribution in [2.24, 2.45) is 0 Å². The summed E-state index contributed by atoms with van der Waals surface area (Å²) in [6.45, 7) is 11.0. The molecule has 1 aliphatic carbocycles. The Labute approximate surface area is 213 Å². The van der Waals surface area contributed by atoms with Crippen LogP contribution in [0.3, 0.4) is 0 Å². The molecule has 1 aromatic rings. The molecule has 2 atom stereocenters. The first-order valence-electron chi connectivity index (χ1n) is 12.1. The molecule has 33 heavy (non-hydrogen) atoms. The van der Waals surface area contributed by atoms with E-state index in [0.29, 0.717) is 30.6 Å². The molecule has 188 valence electrons. The van der Waals surface area contributed by atoms with Gasteiger partial charge in [-0.05, 0) is 70.7 Å². The van der Waals surface area contributed by atoms with Crippen LogP contribution in [-0.4, -0.2) is 41.7 Å². The Kier molecular flexibility index (Phi) is 16.2. The monoisotopic (exact) mass is 516 g/mol. The van der Waals surface area contributed by atoms with E-state index in [4.69, 9.17) is 27.7 Å². The number of unbranched alkanes of at least 4 members (excludes halogenated alkanes) is 2. The Balaban J connectivity index is 0.00000172. The molecule has 2 N–H and O–H groups in total. The minimum Gasteiger partial charge on any atom is -0.507 e. The summed E-state index contributed by atoms with van der Waals surface area (Å²) in [7, 11) is 0.783. The van der Waals surface area contributed by atoms with Gasteiger partial charge in [-0.25, -0.2) is 4.67 Å².